The van der Waals surface area contributed by atoms with E-state index in [1.165, 1.54) is 4.90 Å². The van der Waals surface area contributed by atoms with Gasteiger partial charge in [-0.2, -0.15) is 5.26 Å². The summed E-state index contributed by atoms with van der Waals surface area (Å²) in [5, 5.41) is 20.8. The van der Waals surface area contributed by atoms with Gasteiger partial charge in [-0.05, 0) is 43.0 Å². The molecule has 4 nitrogen and oxygen atoms in total. The second kappa shape index (κ2) is 7.05. The summed E-state index contributed by atoms with van der Waals surface area (Å²) in [5.41, 5.74) is 2.56. The number of aliphatic hydroxyl groups is 1. The Labute approximate surface area is 139 Å². The number of aromatic nitrogens is 1. The summed E-state index contributed by atoms with van der Waals surface area (Å²) in [6.07, 6.45) is 2.55. The predicted octanol–water partition coefficient (Wildman–Crippen LogP) is 3.05. The minimum absolute atomic E-state index is 0.118. The molecule has 3 rings (SSSR count). The van der Waals surface area contributed by atoms with E-state index in [1.54, 1.807) is 12.1 Å². The Morgan fingerprint density at radius 1 is 1.30 bits per heavy atom. The van der Waals surface area contributed by atoms with Gasteiger partial charge in [-0.1, -0.05) is 22.8 Å². The number of nitrogens with zero attached hydrogens (tertiary/aromatic N) is 3. The normalized spacial score (nSPS) is 19.6. The molecule has 0 aliphatic carbocycles. The molecule has 1 aliphatic heterocycles. The van der Waals surface area contributed by atoms with Crippen LogP contribution in [0, 0.1) is 11.3 Å². The van der Waals surface area contributed by atoms with E-state index in [2.05, 4.69) is 33.7 Å². The highest BCUT2D eigenvalue weighted by Crippen LogP contribution is 2.34. The van der Waals surface area contributed by atoms with Crippen molar-refractivity contribution in [2.24, 2.45) is 0 Å². The minimum atomic E-state index is -0.212. The molecule has 1 aromatic carbocycles. The van der Waals surface area contributed by atoms with Crippen molar-refractivity contribution in [2.75, 3.05) is 13.1 Å². The summed E-state index contributed by atoms with van der Waals surface area (Å²) in [6, 6.07) is 13.7. The second-order valence-electron chi connectivity index (χ2n) is 5.45. The first-order valence-corrected chi connectivity index (χ1v) is 8.88. The average molecular weight is 325 g/mol. The number of benzene rings is 1. The van der Waals surface area contributed by atoms with Gasteiger partial charge >= 0.3 is 0 Å². The molecule has 1 fully saturated rings. The van der Waals surface area contributed by atoms with Crippen molar-refractivity contribution in [3.8, 4) is 17.3 Å². The molecule has 2 aromatic rings. The van der Waals surface area contributed by atoms with E-state index in [9.17, 15) is 5.11 Å². The molecule has 1 aromatic heterocycles. The van der Waals surface area contributed by atoms with E-state index in [0.717, 1.165) is 30.8 Å². The Balaban J connectivity index is 1.82. The van der Waals surface area contributed by atoms with E-state index >= 15 is 0 Å². The molecule has 1 saturated heterocycles. The molecule has 0 bridgehead atoms. The lowest BCUT2D eigenvalue weighted by Crippen LogP contribution is -2.16. The number of nitriles is 1. The third kappa shape index (κ3) is 3.50. The Hall–Kier alpha value is -2.00. The number of rotatable bonds is 3. The first-order chi connectivity index (χ1) is 11.2. The third-order valence-electron chi connectivity index (χ3n) is 3.92. The maximum atomic E-state index is 9.74. The lowest BCUT2D eigenvalue weighted by molar-refractivity contribution is 0.190. The predicted molar refractivity (Wildman–Crippen MR) is 94.2 cm³/mol. The van der Waals surface area contributed by atoms with Crippen LogP contribution < -0.4 is 0 Å². The quantitative estimate of drug-likeness (QED) is 0.881. The highest BCUT2D eigenvalue weighted by atomic mass is 32.2. The van der Waals surface area contributed by atoms with Gasteiger partial charge in [0.05, 0.1) is 23.4 Å². The molecule has 0 radical (unpaired) electrons. The smallest absolute Gasteiger partial charge is 0.0991 e. The standard InChI is InChI=1S/C18H19N3OS/c1-2-23(21-10-9-16(22)13-21)17-7-8-18(20-12-17)15-5-3-14(11-19)4-6-15/h2-8,12,16,22H,9-10,13H2,1H3. The zero-order valence-corrected chi connectivity index (χ0v) is 13.8. The first kappa shape index (κ1) is 15.9. The van der Waals surface area contributed by atoms with Crippen LogP contribution in [0.15, 0.2) is 47.5 Å². The molecule has 2 unspecified atom stereocenters. The molecule has 0 amide bonds. The van der Waals surface area contributed by atoms with Crippen molar-refractivity contribution in [1.29, 1.82) is 5.26 Å². The zero-order valence-electron chi connectivity index (χ0n) is 13.0. The van der Waals surface area contributed by atoms with E-state index in [0.29, 0.717) is 5.56 Å². The van der Waals surface area contributed by atoms with Gasteiger partial charge in [0.1, 0.15) is 0 Å². The van der Waals surface area contributed by atoms with E-state index in [-0.39, 0.29) is 16.8 Å². The largest absolute Gasteiger partial charge is 0.392 e. The molecule has 23 heavy (non-hydrogen) atoms. The molecule has 1 N–H and O–H groups in total. The second-order valence-corrected chi connectivity index (χ2v) is 7.54. The molecular weight excluding hydrogens is 306 g/mol. The topological polar surface area (TPSA) is 60.2 Å². The molecule has 118 valence electrons. The van der Waals surface area contributed by atoms with Crippen molar-refractivity contribution in [1.82, 2.24) is 9.29 Å². The summed E-state index contributed by atoms with van der Waals surface area (Å²) >= 11 is 0. The number of hydrogen-bond acceptors (Lipinski definition) is 4. The number of hydrogen-bond donors (Lipinski definition) is 1. The average Bonchev–Trinajstić information content (AvgIpc) is 3.02. The fourth-order valence-electron chi connectivity index (χ4n) is 2.71. The van der Waals surface area contributed by atoms with Crippen molar-refractivity contribution in [3.63, 3.8) is 0 Å². The lowest BCUT2D eigenvalue weighted by atomic mass is 10.1. The molecule has 2 atom stereocenters. The molecule has 0 spiro atoms. The molecule has 5 heteroatoms. The number of pyridine rings is 1. The van der Waals surface area contributed by atoms with Gasteiger partial charge in [0.25, 0.3) is 0 Å². The van der Waals surface area contributed by atoms with Crippen LogP contribution in [0.3, 0.4) is 0 Å². The van der Waals surface area contributed by atoms with Gasteiger partial charge in [-0.15, -0.1) is 0 Å². The van der Waals surface area contributed by atoms with Crippen molar-refractivity contribution in [3.05, 3.63) is 48.2 Å². The summed E-state index contributed by atoms with van der Waals surface area (Å²) < 4.78 is 2.31. The van der Waals surface area contributed by atoms with Crippen LogP contribution in [0.2, 0.25) is 0 Å². The van der Waals surface area contributed by atoms with Gasteiger partial charge in [-0.3, -0.25) is 4.98 Å². The molecular formula is C18H19N3OS. The zero-order chi connectivity index (χ0) is 16.2. The van der Waals surface area contributed by atoms with Crippen molar-refractivity contribution >= 4 is 16.0 Å². The van der Waals surface area contributed by atoms with Crippen LogP contribution in [0.5, 0.6) is 0 Å². The number of β-amino-alcohol motifs (C(OH)–C–C–N with tert-alkyl or cyclic N) is 1. The van der Waals surface area contributed by atoms with Crippen LogP contribution in [0.1, 0.15) is 18.9 Å². The Kier molecular flexibility index (Phi) is 4.87. The maximum absolute atomic E-state index is 9.74. The van der Waals surface area contributed by atoms with Crippen LogP contribution >= 0.6 is 10.7 Å². The highest BCUT2D eigenvalue weighted by Gasteiger charge is 2.23. The number of aliphatic hydroxyl groups excluding tert-OH is 1. The fourth-order valence-corrected chi connectivity index (χ4v) is 4.59. The SMILES string of the molecule is C/C=S(\c1ccc(-c2ccc(C#N)cc2)nc1)N1CCC(O)C1. The fraction of sp³-hybridized carbons (Fsp3) is 0.278. The third-order valence-corrected chi connectivity index (χ3v) is 5.97. The van der Waals surface area contributed by atoms with Crippen LogP contribution in [-0.4, -0.2) is 39.0 Å². The summed E-state index contributed by atoms with van der Waals surface area (Å²) in [6.45, 7) is 3.71. The van der Waals surface area contributed by atoms with Crippen LogP contribution in [-0.2, 0) is 0 Å². The van der Waals surface area contributed by atoms with Crippen LogP contribution in [0.4, 0.5) is 0 Å². The molecule has 0 saturated carbocycles. The highest BCUT2D eigenvalue weighted by molar-refractivity contribution is 8.13. The van der Waals surface area contributed by atoms with E-state index in [4.69, 9.17) is 5.26 Å². The summed E-state index contributed by atoms with van der Waals surface area (Å²) in [7, 11) is -0.118. The van der Waals surface area contributed by atoms with E-state index < -0.39 is 0 Å². The maximum Gasteiger partial charge on any atom is 0.0991 e. The lowest BCUT2D eigenvalue weighted by Gasteiger charge is -2.20. The first-order valence-electron chi connectivity index (χ1n) is 7.63. The Bertz CT molecular complexity index is 747. The van der Waals surface area contributed by atoms with Gasteiger partial charge < -0.3 is 5.11 Å². The van der Waals surface area contributed by atoms with Crippen molar-refractivity contribution in [2.45, 2.75) is 24.3 Å². The Morgan fingerprint density at radius 3 is 2.61 bits per heavy atom. The van der Waals surface area contributed by atoms with Gasteiger partial charge in [0.15, 0.2) is 0 Å². The molecule has 2 heterocycles. The summed E-state index contributed by atoms with van der Waals surface area (Å²) in [5.74, 6) is 0. The van der Waals surface area contributed by atoms with Gasteiger partial charge in [0.2, 0.25) is 0 Å². The van der Waals surface area contributed by atoms with Crippen LogP contribution in [0.25, 0.3) is 11.3 Å². The molecule has 1 aliphatic rings. The van der Waals surface area contributed by atoms with Crippen molar-refractivity contribution < 1.29 is 5.11 Å². The minimum Gasteiger partial charge on any atom is -0.392 e. The van der Waals surface area contributed by atoms with Gasteiger partial charge in [-0.25, -0.2) is 4.31 Å². The van der Waals surface area contributed by atoms with Gasteiger partial charge in [0, 0.05) is 29.7 Å². The monoisotopic (exact) mass is 325 g/mol. The summed E-state index contributed by atoms with van der Waals surface area (Å²) in [4.78, 5) is 5.74. The van der Waals surface area contributed by atoms with E-state index in [1.807, 2.05) is 24.4 Å². The Morgan fingerprint density at radius 2 is 2.09 bits per heavy atom.